The summed E-state index contributed by atoms with van der Waals surface area (Å²) in [5, 5.41) is 9.34. The molecule has 2 unspecified atom stereocenters. The summed E-state index contributed by atoms with van der Waals surface area (Å²) in [6.45, 7) is 1.94. The zero-order chi connectivity index (χ0) is 8.10. The van der Waals surface area contributed by atoms with Crippen molar-refractivity contribution in [3.8, 4) is 0 Å². The molecule has 1 heterocycles. The van der Waals surface area contributed by atoms with Crippen LogP contribution in [-0.2, 0) is 14.2 Å². The monoisotopic (exact) mass is 162 g/mol. The van der Waals surface area contributed by atoms with E-state index in [1.165, 1.54) is 0 Å². The number of hydrogen-bond acceptors (Lipinski definition) is 4. The highest BCUT2D eigenvalue weighted by atomic mass is 16.6. The van der Waals surface area contributed by atoms with Gasteiger partial charge in [-0.2, -0.15) is 0 Å². The van der Waals surface area contributed by atoms with Crippen molar-refractivity contribution in [3.63, 3.8) is 0 Å². The Bertz CT molecular complexity index is 101. The molecule has 66 valence electrons. The molecule has 0 bridgehead atoms. The van der Waals surface area contributed by atoms with E-state index in [9.17, 15) is 5.11 Å². The lowest BCUT2D eigenvalue weighted by Crippen LogP contribution is -2.40. The van der Waals surface area contributed by atoms with Crippen LogP contribution in [0.1, 0.15) is 0 Å². The van der Waals surface area contributed by atoms with Crippen molar-refractivity contribution in [3.05, 3.63) is 0 Å². The van der Waals surface area contributed by atoms with Gasteiger partial charge in [-0.3, -0.25) is 0 Å². The van der Waals surface area contributed by atoms with Gasteiger partial charge >= 0.3 is 0 Å². The fourth-order valence-electron chi connectivity index (χ4n) is 1.01. The Balaban J connectivity index is 2.21. The van der Waals surface area contributed by atoms with Gasteiger partial charge in [0.1, 0.15) is 12.2 Å². The van der Waals surface area contributed by atoms with Crippen molar-refractivity contribution >= 4 is 0 Å². The zero-order valence-corrected chi connectivity index (χ0v) is 6.66. The van der Waals surface area contributed by atoms with Gasteiger partial charge in [-0.15, -0.1) is 0 Å². The van der Waals surface area contributed by atoms with Crippen molar-refractivity contribution in [2.24, 2.45) is 0 Å². The maximum absolute atomic E-state index is 9.34. The first-order valence-corrected chi connectivity index (χ1v) is 3.71. The first-order chi connectivity index (χ1) is 5.34. The quantitative estimate of drug-likeness (QED) is 0.602. The molecule has 0 aromatic carbocycles. The molecule has 2 atom stereocenters. The van der Waals surface area contributed by atoms with E-state index in [1.54, 1.807) is 7.11 Å². The van der Waals surface area contributed by atoms with E-state index in [4.69, 9.17) is 14.2 Å². The molecule has 0 aromatic rings. The number of hydrogen-bond donors (Lipinski definition) is 1. The Kier molecular flexibility index (Phi) is 3.79. The molecule has 0 spiro atoms. The van der Waals surface area contributed by atoms with Gasteiger partial charge in [0.2, 0.25) is 0 Å². The second-order valence-corrected chi connectivity index (χ2v) is 2.51. The van der Waals surface area contributed by atoms with E-state index >= 15 is 0 Å². The summed E-state index contributed by atoms with van der Waals surface area (Å²) >= 11 is 0. The van der Waals surface area contributed by atoms with Crippen LogP contribution in [-0.4, -0.2) is 50.9 Å². The molecule has 1 fully saturated rings. The van der Waals surface area contributed by atoms with Gasteiger partial charge < -0.3 is 19.3 Å². The molecular formula is C7H14O4. The topological polar surface area (TPSA) is 47.9 Å². The van der Waals surface area contributed by atoms with Gasteiger partial charge in [0.15, 0.2) is 0 Å². The third kappa shape index (κ3) is 2.75. The number of rotatable bonds is 3. The van der Waals surface area contributed by atoms with E-state index < -0.39 is 6.10 Å². The Morgan fingerprint density at radius 1 is 1.64 bits per heavy atom. The lowest BCUT2D eigenvalue weighted by molar-refractivity contribution is -0.142. The predicted octanol–water partition coefficient (Wildman–Crippen LogP) is -0.591. The summed E-state index contributed by atoms with van der Waals surface area (Å²) in [6, 6.07) is 0. The molecule has 1 aliphatic heterocycles. The minimum Gasteiger partial charge on any atom is -0.388 e. The van der Waals surface area contributed by atoms with Crippen molar-refractivity contribution < 1.29 is 19.3 Å². The van der Waals surface area contributed by atoms with Crippen molar-refractivity contribution in [2.45, 2.75) is 12.2 Å². The molecular weight excluding hydrogens is 148 g/mol. The summed E-state index contributed by atoms with van der Waals surface area (Å²) in [5.41, 5.74) is 0. The average molecular weight is 162 g/mol. The van der Waals surface area contributed by atoms with Gasteiger partial charge in [0.25, 0.3) is 0 Å². The zero-order valence-electron chi connectivity index (χ0n) is 6.66. The summed E-state index contributed by atoms with van der Waals surface area (Å²) in [6.07, 6.45) is -0.788. The summed E-state index contributed by atoms with van der Waals surface area (Å²) in [4.78, 5) is 0. The highest BCUT2D eigenvalue weighted by molar-refractivity contribution is 4.70. The van der Waals surface area contributed by atoms with E-state index in [0.29, 0.717) is 26.4 Å². The summed E-state index contributed by atoms with van der Waals surface area (Å²) < 4.78 is 15.1. The molecule has 1 aliphatic rings. The molecule has 0 amide bonds. The first-order valence-electron chi connectivity index (χ1n) is 3.71. The standard InChI is InChI=1S/C7H14O4/c1-9-4-6(8)7-5-10-2-3-11-7/h6-8H,2-5H2,1H3. The Morgan fingerprint density at radius 2 is 2.45 bits per heavy atom. The molecule has 1 N–H and O–H groups in total. The molecule has 0 saturated carbocycles. The summed E-state index contributed by atoms with van der Waals surface area (Å²) in [7, 11) is 1.55. The van der Waals surface area contributed by atoms with Gasteiger partial charge in [-0.05, 0) is 0 Å². The van der Waals surface area contributed by atoms with Crippen LogP contribution < -0.4 is 0 Å². The maximum atomic E-state index is 9.34. The van der Waals surface area contributed by atoms with Crippen LogP contribution in [0.3, 0.4) is 0 Å². The van der Waals surface area contributed by atoms with Gasteiger partial charge in [-0.25, -0.2) is 0 Å². The van der Waals surface area contributed by atoms with Crippen LogP contribution in [0.5, 0.6) is 0 Å². The molecule has 1 saturated heterocycles. The second-order valence-electron chi connectivity index (χ2n) is 2.51. The number of methoxy groups -OCH3 is 1. The normalized spacial score (nSPS) is 28.4. The van der Waals surface area contributed by atoms with Crippen molar-refractivity contribution in [1.29, 1.82) is 0 Å². The average Bonchev–Trinajstić information content (AvgIpc) is 2.07. The van der Waals surface area contributed by atoms with Crippen molar-refractivity contribution in [2.75, 3.05) is 33.5 Å². The van der Waals surface area contributed by atoms with Crippen LogP contribution in [0.15, 0.2) is 0 Å². The lowest BCUT2D eigenvalue weighted by Gasteiger charge is -2.26. The molecule has 4 nitrogen and oxygen atoms in total. The smallest absolute Gasteiger partial charge is 0.109 e. The third-order valence-electron chi connectivity index (χ3n) is 1.61. The van der Waals surface area contributed by atoms with Crippen LogP contribution >= 0.6 is 0 Å². The molecule has 0 radical (unpaired) electrons. The highest BCUT2D eigenvalue weighted by Crippen LogP contribution is 2.05. The largest absolute Gasteiger partial charge is 0.388 e. The SMILES string of the molecule is COCC(O)C1COCCO1. The summed E-state index contributed by atoms with van der Waals surface area (Å²) in [5.74, 6) is 0. The second kappa shape index (κ2) is 4.66. The van der Waals surface area contributed by atoms with Crippen LogP contribution in [0.25, 0.3) is 0 Å². The Labute approximate surface area is 66.1 Å². The number of ether oxygens (including phenoxy) is 3. The van der Waals surface area contributed by atoms with Crippen LogP contribution in [0, 0.1) is 0 Å². The predicted molar refractivity (Wildman–Crippen MR) is 38.4 cm³/mol. The molecule has 11 heavy (non-hydrogen) atoms. The van der Waals surface area contributed by atoms with E-state index in [1.807, 2.05) is 0 Å². The fraction of sp³-hybridized carbons (Fsp3) is 1.00. The van der Waals surface area contributed by atoms with Gasteiger partial charge in [-0.1, -0.05) is 0 Å². The number of aliphatic hydroxyl groups is 1. The maximum Gasteiger partial charge on any atom is 0.109 e. The molecule has 0 aliphatic carbocycles. The van der Waals surface area contributed by atoms with Gasteiger partial charge in [0, 0.05) is 7.11 Å². The lowest BCUT2D eigenvalue weighted by atomic mass is 10.2. The number of aliphatic hydroxyl groups excluding tert-OH is 1. The van der Waals surface area contributed by atoms with Gasteiger partial charge in [0.05, 0.1) is 26.4 Å². The first kappa shape index (κ1) is 8.93. The highest BCUT2D eigenvalue weighted by Gasteiger charge is 2.22. The fourth-order valence-corrected chi connectivity index (χ4v) is 1.01. The van der Waals surface area contributed by atoms with E-state index in [2.05, 4.69) is 0 Å². The van der Waals surface area contributed by atoms with Crippen LogP contribution in [0.2, 0.25) is 0 Å². The minimum atomic E-state index is -0.569. The van der Waals surface area contributed by atoms with E-state index in [-0.39, 0.29) is 6.10 Å². The molecule has 1 rings (SSSR count). The molecule has 0 aromatic heterocycles. The third-order valence-corrected chi connectivity index (χ3v) is 1.61. The molecule has 4 heteroatoms. The van der Waals surface area contributed by atoms with Crippen molar-refractivity contribution in [1.82, 2.24) is 0 Å². The van der Waals surface area contributed by atoms with E-state index in [0.717, 1.165) is 0 Å². The van der Waals surface area contributed by atoms with Crippen LogP contribution in [0.4, 0.5) is 0 Å². The Morgan fingerprint density at radius 3 is 3.00 bits per heavy atom. The minimum absolute atomic E-state index is 0.219. The Hall–Kier alpha value is -0.160.